The number of hydrogen-bond donors (Lipinski definition) is 1. The molecule has 0 saturated heterocycles. The van der Waals surface area contributed by atoms with Gasteiger partial charge in [-0.15, -0.1) is 0 Å². The van der Waals surface area contributed by atoms with E-state index in [4.69, 9.17) is 10.00 Å². The SMILES string of the molecule is COc1cc(O)ccc1Sc1ccc(C#N)cc1. The van der Waals surface area contributed by atoms with Crippen molar-refractivity contribution in [2.24, 2.45) is 0 Å². The van der Waals surface area contributed by atoms with Crippen LogP contribution in [0.3, 0.4) is 0 Å². The number of nitrogens with zero attached hydrogens (tertiary/aromatic N) is 1. The minimum atomic E-state index is 0.177. The summed E-state index contributed by atoms with van der Waals surface area (Å²) in [5.74, 6) is 0.806. The first kappa shape index (κ1) is 12.3. The van der Waals surface area contributed by atoms with Crippen LogP contribution in [0.2, 0.25) is 0 Å². The average molecular weight is 257 g/mol. The molecule has 0 fully saturated rings. The highest BCUT2D eigenvalue weighted by molar-refractivity contribution is 7.99. The lowest BCUT2D eigenvalue weighted by Crippen LogP contribution is -1.85. The summed E-state index contributed by atoms with van der Waals surface area (Å²) in [6.07, 6.45) is 0. The predicted octanol–water partition coefficient (Wildman–Crippen LogP) is 3.42. The third kappa shape index (κ3) is 2.76. The number of benzene rings is 2. The van der Waals surface area contributed by atoms with Gasteiger partial charge in [0, 0.05) is 11.0 Å². The van der Waals surface area contributed by atoms with Crippen molar-refractivity contribution in [2.45, 2.75) is 9.79 Å². The second-order valence-corrected chi connectivity index (χ2v) is 4.69. The van der Waals surface area contributed by atoms with Gasteiger partial charge in [0.2, 0.25) is 0 Å². The predicted molar refractivity (Wildman–Crippen MR) is 69.9 cm³/mol. The number of methoxy groups -OCH3 is 1. The number of nitriles is 1. The summed E-state index contributed by atoms with van der Waals surface area (Å²) < 4.78 is 5.21. The van der Waals surface area contributed by atoms with Gasteiger partial charge < -0.3 is 9.84 Å². The second kappa shape index (κ2) is 5.48. The zero-order chi connectivity index (χ0) is 13.0. The molecule has 0 aromatic heterocycles. The third-order valence-corrected chi connectivity index (χ3v) is 3.42. The maximum absolute atomic E-state index is 9.38. The Balaban J connectivity index is 2.25. The molecule has 0 saturated carbocycles. The Kier molecular flexibility index (Phi) is 3.75. The van der Waals surface area contributed by atoms with Gasteiger partial charge in [0.15, 0.2) is 0 Å². The topological polar surface area (TPSA) is 53.2 Å². The van der Waals surface area contributed by atoms with E-state index in [-0.39, 0.29) is 5.75 Å². The van der Waals surface area contributed by atoms with E-state index in [1.807, 2.05) is 12.1 Å². The van der Waals surface area contributed by atoms with Gasteiger partial charge >= 0.3 is 0 Å². The summed E-state index contributed by atoms with van der Waals surface area (Å²) in [6, 6.07) is 14.4. The molecule has 4 heteroatoms. The van der Waals surface area contributed by atoms with Crippen LogP contribution in [-0.2, 0) is 0 Å². The van der Waals surface area contributed by atoms with Crippen molar-refractivity contribution in [3.8, 4) is 17.6 Å². The molecule has 0 spiro atoms. The fourth-order valence-corrected chi connectivity index (χ4v) is 2.37. The van der Waals surface area contributed by atoms with E-state index in [2.05, 4.69) is 6.07 Å². The molecule has 1 N–H and O–H groups in total. The zero-order valence-corrected chi connectivity index (χ0v) is 10.6. The first-order chi connectivity index (χ1) is 8.72. The summed E-state index contributed by atoms with van der Waals surface area (Å²) in [5.41, 5.74) is 0.636. The molecular formula is C14H11NO2S. The molecule has 0 amide bonds. The number of rotatable bonds is 3. The van der Waals surface area contributed by atoms with Crippen molar-refractivity contribution in [1.82, 2.24) is 0 Å². The Hall–Kier alpha value is -2.12. The normalized spacial score (nSPS) is 9.78. The highest BCUT2D eigenvalue weighted by Gasteiger charge is 2.06. The molecule has 90 valence electrons. The van der Waals surface area contributed by atoms with Crippen LogP contribution in [0.5, 0.6) is 11.5 Å². The Morgan fingerprint density at radius 3 is 2.50 bits per heavy atom. The summed E-state index contributed by atoms with van der Waals surface area (Å²) >= 11 is 1.52. The molecular weight excluding hydrogens is 246 g/mol. The average Bonchev–Trinajstić information content (AvgIpc) is 2.41. The maximum atomic E-state index is 9.38. The Bertz CT molecular complexity index is 588. The molecule has 3 nitrogen and oxygen atoms in total. The van der Waals surface area contributed by atoms with Crippen LogP contribution in [0.15, 0.2) is 52.3 Å². The molecule has 0 radical (unpaired) electrons. The monoisotopic (exact) mass is 257 g/mol. The molecule has 2 aromatic carbocycles. The van der Waals surface area contributed by atoms with E-state index >= 15 is 0 Å². The van der Waals surface area contributed by atoms with Gasteiger partial charge in [-0.05, 0) is 36.4 Å². The highest BCUT2D eigenvalue weighted by Crippen LogP contribution is 2.36. The molecule has 0 unspecified atom stereocenters. The molecule has 2 aromatic rings. The van der Waals surface area contributed by atoms with Crippen molar-refractivity contribution >= 4 is 11.8 Å². The molecule has 0 bridgehead atoms. The van der Waals surface area contributed by atoms with Gasteiger partial charge in [-0.25, -0.2) is 0 Å². The van der Waals surface area contributed by atoms with Crippen molar-refractivity contribution in [3.05, 3.63) is 48.0 Å². The quantitative estimate of drug-likeness (QED) is 0.915. The zero-order valence-electron chi connectivity index (χ0n) is 9.75. The number of phenols is 1. The van der Waals surface area contributed by atoms with Crippen LogP contribution in [0.1, 0.15) is 5.56 Å². The highest BCUT2D eigenvalue weighted by atomic mass is 32.2. The lowest BCUT2D eigenvalue weighted by molar-refractivity contribution is 0.398. The van der Waals surface area contributed by atoms with E-state index in [9.17, 15) is 5.11 Å². The first-order valence-electron chi connectivity index (χ1n) is 5.28. The maximum Gasteiger partial charge on any atom is 0.136 e. The smallest absolute Gasteiger partial charge is 0.136 e. The van der Waals surface area contributed by atoms with Crippen LogP contribution >= 0.6 is 11.8 Å². The van der Waals surface area contributed by atoms with Crippen molar-refractivity contribution < 1.29 is 9.84 Å². The van der Waals surface area contributed by atoms with Crippen LogP contribution in [0.4, 0.5) is 0 Å². The summed E-state index contributed by atoms with van der Waals surface area (Å²) in [6.45, 7) is 0. The molecule has 18 heavy (non-hydrogen) atoms. The van der Waals surface area contributed by atoms with Gasteiger partial charge in [-0.2, -0.15) is 5.26 Å². The van der Waals surface area contributed by atoms with Gasteiger partial charge in [0.25, 0.3) is 0 Å². The molecule has 0 aliphatic heterocycles. The van der Waals surface area contributed by atoms with Crippen LogP contribution in [0, 0.1) is 11.3 Å². The fourth-order valence-electron chi connectivity index (χ4n) is 1.47. The van der Waals surface area contributed by atoms with E-state index in [0.717, 1.165) is 9.79 Å². The summed E-state index contributed by atoms with van der Waals surface area (Å²) in [4.78, 5) is 1.93. The van der Waals surface area contributed by atoms with Crippen LogP contribution in [-0.4, -0.2) is 12.2 Å². The molecule has 0 aliphatic rings. The standard InChI is InChI=1S/C14H11NO2S/c1-17-13-8-11(16)4-7-14(13)18-12-5-2-10(9-15)3-6-12/h2-8,16H,1H3. The van der Waals surface area contributed by atoms with Crippen LogP contribution in [0.25, 0.3) is 0 Å². The number of aromatic hydroxyl groups is 1. The molecule has 2 rings (SSSR count). The Morgan fingerprint density at radius 2 is 1.89 bits per heavy atom. The van der Waals surface area contributed by atoms with Gasteiger partial charge in [-0.1, -0.05) is 11.8 Å². The van der Waals surface area contributed by atoms with Gasteiger partial charge in [-0.3, -0.25) is 0 Å². The minimum Gasteiger partial charge on any atom is -0.508 e. The van der Waals surface area contributed by atoms with E-state index in [0.29, 0.717) is 11.3 Å². The second-order valence-electron chi connectivity index (χ2n) is 3.57. The lowest BCUT2D eigenvalue weighted by Gasteiger charge is -2.08. The first-order valence-corrected chi connectivity index (χ1v) is 6.09. The Labute approximate surface area is 110 Å². The van der Waals surface area contributed by atoms with E-state index < -0.39 is 0 Å². The molecule has 0 atom stereocenters. The summed E-state index contributed by atoms with van der Waals surface area (Å²) in [5, 5.41) is 18.1. The minimum absolute atomic E-state index is 0.177. The van der Waals surface area contributed by atoms with E-state index in [1.165, 1.54) is 11.8 Å². The molecule has 0 aliphatic carbocycles. The van der Waals surface area contributed by atoms with E-state index in [1.54, 1.807) is 37.4 Å². The number of hydrogen-bond acceptors (Lipinski definition) is 4. The van der Waals surface area contributed by atoms with Gasteiger partial charge in [0.1, 0.15) is 11.5 Å². The van der Waals surface area contributed by atoms with Crippen molar-refractivity contribution in [2.75, 3.05) is 7.11 Å². The third-order valence-electron chi connectivity index (χ3n) is 2.36. The summed E-state index contributed by atoms with van der Waals surface area (Å²) in [7, 11) is 1.57. The molecule has 0 heterocycles. The van der Waals surface area contributed by atoms with Crippen molar-refractivity contribution in [3.63, 3.8) is 0 Å². The number of phenolic OH excluding ortho intramolecular Hbond substituents is 1. The fraction of sp³-hybridized carbons (Fsp3) is 0.0714. The number of ether oxygens (including phenoxy) is 1. The van der Waals surface area contributed by atoms with Gasteiger partial charge in [0.05, 0.1) is 23.6 Å². The largest absolute Gasteiger partial charge is 0.508 e. The van der Waals surface area contributed by atoms with Crippen molar-refractivity contribution in [1.29, 1.82) is 5.26 Å². The Morgan fingerprint density at radius 1 is 1.17 bits per heavy atom. The van der Waals surface area contributed by atoms with Crippen LogP contribution < -0.4 is 4.74 Å². The lowest BCUT2D eigenvalue weighted by atomic mass is 10.2.